The zero-order valence-electron chi connectivity index (χ0n) is 22.5. The summed E-state index contributed by atoms with van der Waals surface area (Å²) in [5, 5.41) is 9.48. The zero-order chi connectivity index (χ0) is 29.1. The molecule has 4 atom stereocenters. The number of nitrogens with one attached hydrogen (secondary N) is 3. The zero-order valence-corrected chi connectivity index (χ0v) is 23.3. The van der Waals surface area contributed by atoms with E-state index in [1.54, 1.807) is 31.2 Å². The van der Waals surface area contributed by atoms with E-state index in [2.05, 4.69) is 20.9 Å². The summed E-state index contributed by atoms with van der Waals surface area (Å²) in [4.78, 5) is 28.7. The second kappa shape index (κ2) is 12.1. The Kier molecular flexibility index (Phi) is 8.56. The molecule has 0 aromatic heterocycles. The number of para-hydroxylation sites is 1. The van der Waals surface area contributed by atoms with Gasteiger partial charge in [-0.15, -0.1) is 0 Å². The van der Waals surface area contributed by atoms with Crippen LogP contribution in [0.3, 0.4) is 0 Å². The number of halogens is 4. The molecular weight excluding hydrogens is 553 g/mol. The molecule has 0 radical (unpaired) electrons. The average molecular weight is 585 g/mol. The maximum atomic E-state index is 13.1. The van der Waals surface area contributed by atoms with Gasteiger partial charge in [0.1, 0.15) is 6.04 Å². The third kappa shape index (κ3) is 7.02. The second-order valence-corrected chi connectivity index (χ2v) is 11.2. The number of nitrogens with zero attached hydrogens (tertiary/aromatic N) is 1. The van der Waals surface area contributed by atoms with Crippen LogP contribution in [-0.2, 0) is 17.5 Å². The minimum absolute atomic E-state index is 0.0238. The quantitative estimate of drug-likeness (QED) is 0.281. The predicted octanol–water partition coefficient (Wildman–Crippen LogP) is 6.53. The molecule has 0 spiro atoms. The number of hydrogen-bond donors (Lipinski definition) is 3. The first-order chi connectivity index (χ1) is 19.6. The van der Waals surface area contributed by atoms with Crippen molar-refractivity contribution < 1.29 is 22.8 Å². The largest absolute Gasteiger partial charge is 0.416 e. The van der Waals surface area contributed by atoms with Crippen molar-refractivity contribution in [1.29, 1.82) is 0 Å². The fourth-order valence-electron chi connectivity index (χ4n) is 5.84. The van der Waals surface area contributed by atoms with Gasteiger partial charge in [0.05, 0.1) is 16.8 Å². The Morgan fingerprint density at radius 1 is 0.976 bits per heavy atom. The number of anilines is 2. The van der Waals surface area contributed by atoms with Gasteiger partial charge < -0.3 is 16.0 Å². The van der Waals surface area contributed by atoms with Gasteiger partial charge in [-0.05, 0) is 80.6 Å². The van der Waals surface area contributed by atoms with E-state index in [0.29, 0.717) is 17.8 Å². The first kappa shape index (κ1) is 29.0. The Morgan fingerprint density at radius 2 is 1.66 bits per heavy atom. The van der Waals surface area contributed by atoms with Gasteiger partial charge in [0, 0.05) is 35.4 Å². The molecule has 3 N–H and O–H groups in total. The summed E-state index contributed by atoms with van der Waals surface area (Å²) in [5.41, 5.74) is 1.18. The molecule has 2 saturated heterocycles. The average Bonchev–Trinajstić information content (AvgIpc) is 3.16. The summed E-state index contributed by atoms with van der Waals surface area (Å²) >= 11 is 6.03. The van der Waals surface area contributed by atoms with Crippen molar-refractivity contribution in [3.63, 3.8) is 0 Å². The summed E-state index contributed by atoms with van der Waals surface area (Å²) in [5.74, 6) is -0.766. The van der Waals surface area contributed by atoms with Gasteiger partial charge in [-0.2, -0.15) is 13.2 Å². The molecule has 2 heterocycles. The van der Waals surface area contributed by atoms with Crippen molar-refractivity contribution >= 4 is 34.8 Å². The summed E-state index contributed by atoms with van der Waals surface area (Å²) in [7, 11) is 0. The lowest BCUT2D eigenvalue weighted by molar-refractivity contribution is -0.137. The number of hydrogen-bond acceptors (Lipinski definition) is 4. The Bertz CT molecular complexity index is 1380. The van der Waals surface area contributed by atoms with Gasteiger partial charge in [0.15, 0.2) is 0 Å². The molecule has 2 bridgehead atoms. The summed E-state index contributed by atoms with van der Waals surface area (Å²) in [6, 6.07) is 19.2. The molecular formula is C31H32ClF3N4O2. The SMILES string of the molecule is CC(NC(=O)c1ccccc1Nc1cccc(C(F)(F)F)c1)C(=O)NC1CC2CC[C@@H](C1)N2Cc1ccc(Cl)cc1. The van der Waals surface area contributed by atoms with Gasteiger partial charge in [-0.25, -0.2) is 0 Å². The van der Waals surface area contributed by atoms with Crippen LogP contribution in [0.15, 0.2) is 72.8 Å². The number of fused-ring (bicyclic) bond motifs is 2. The lowest BCUT2D eigenvalue weighted by Gasteiger charge is -2.39. The van der Waals surface area contributed by atoms with Crippen molar-refractivity contribution in [2.75, 3.05) is 5.32 Å². The van der Waals surface area contributed by atoms with Gasteiger partial charge in [0.2, 0.25) is 5.91 Å². The second-order valence-electron chi connectivity index (χ2n) is 10.8. The summed E-state index contributed by atoms with van der Waals surface area (Å²) in [6.07, 6.45) is -0.607. The smallest absolute Gasteiger partial charge is 0.355 e. The van der Waals surface area contributed by atoms with Crippen LogP contribution in [0.5, 0.6) is 0 Å². The molecule has 2 amide bonds. The number of benzene rings is 3. The first-order valence-electron chi connectivity index (χ1n) is 13.7. The maximum Gasteiger partial charge on any atom is 0.416 e. The normalized spacial score (nSPS) is 21.2. The molecule has 0 saturated carbocycles. The molecule has 3 aromatic carbocycles. The van der Waals surface area contributed by atoms with E-state index in [-0.39, 0.29) is 23.2 Å². The minimum atomic E-state index is -4.48. The molecule has 41 heavy (non-hydrogen) atoms. The van der Waals surface area contributed by atoms with Crippen LogP contribution in [0.25, 0.3) is 0 Å². The van der Waals surface area contributed by atoms with Crippen molar-refractivity contribution in [2.45, 2.75) is 69.5 Å². The predicted molar refractivity (Wildman–Crippen MR) is 153 cm³/mol. The van der Waals surface area contributed by atoms with E-state index >= 15 is 0 Å². The Balaban J connectivity index is 1.17. The molecule has 3 aromatic rings. The highest BCUT2D eigenvalue weighted by atomic mass is 35.5. The summed E-state index contributed by atoms with van der Waals surface area (Å²) in [6.45, 7) is 2.48. The van der Waals surface area contributed by atoms with Crippen LogP contribution >= 0.6 is 11.6 Å². The van der Waals surface area contributed by atoms with Gasteiger partial charge >= 0.3 is 6.18 Å². The highest BCUT2D eigenvalue weighted by Crippen LogP contribution is 2.37. The fraction of sp³-hybridized carbons (Fsp3) is 0.355. The van der Waals surface area contributed by atoms with Crippen molar-refractivity contribution in [3.8, 4) is 0 Å². The Morgan fingerprint density at radius 3 is 2.34 bits per heavy atom. The minimum Gasteiger partial charge on any atom is -0.355 e. The highest BCUT2D eigenvalue weighted by Gasteiger charge is 2.41. The van der Waals surface area contributed by atoms with Gasteiger partial charge in [-0.1, -0.05) is 41.9 Å². The van der Waals surface area contributed by atoms with E-state index in [4.69, 9.17) is 11.6 Å². The summed E-state index contributed by atoms with van der Waals surface area (Å²) < 4.78 is 39.4. The number of rotatable bonds is 8. The molecule has 0 aliphatic carbocycles. The van der Waals surface area contributed by atoms with Crippen LogP contribution in [-0.4, -0.2) is 40.9 Å². The van der Waals surface area contributed by atoms with E-state index in [1.807, 2.05) is 24.3 Å². The molecule has 6 nitrogen and oxygen atoms in total. The number of alkyl halides is 3. The van der Waals surface area contributed by atoms with Gasteiger partial charge in [0.25, 0.3) is 5.91 Å². The monoisotopic (exact) mass is 584 g/mol. The van der Waals surface area contributed by atoms with Crippen molar-refractivity contribution in [1.82, 2.24) is 15.5 Å². The van der Waals surface area contributed by atoms with Crippen LogP contribution < -0.4 is 16.0 Å². The van der Waals surface area contributed by atoms with E-state index in [9.17, 15) is 22.8 Å². The van der Waals surface area contributed by atoms with Crippen molar-refractivity contribution in [2.24, 2.45) is 0 Å². The van der Waals surface area contributed by atoms with Crippen molar-refractivity contribution in [3.05, 3.63) is 94.5 Å². The molecule has 2 aliphatic rings. The molecule has 3 unspecified atom stereocenters. The molecule has 216 valence electrons. The third-order valence-electron chi connectivity index (χ3n) is 7.89. The van der Waals surface area contributed by atoms with E-state index in [0.717, 1.165) is 49.4 Å². The van der Waals surface area contributed by atoms with Crippen LogP contribution in [0.4, 0.5) is 24.5 Å². The number of piperidine rings is 1. The number of carbonyl (C=O) groups is 2. The highest BCUT2D eigenvalue weighted by molar-refractivity contribution is 6.30. The van der Waals surface area contributed by atoms with Gasteiger partial charge in [-0.3, -0.25) is 14.5 Å². The lowest BCUT2D eigenvalue weighted by Crippen LogP contribution is -2.53. The molecule has 5 rings (SSSR count). The third-order valence-corrected chi connectivity index (χ3v) is 8.14. The van der Waals surface area contributed by atoms with Crippen LogP contribution in [0, 0.1) is 0 Å². The lowest BCUT2D eigenvalue weighted by atomic mass is 9.96. The van der Waals surface area contributed by atoms with Crippen LogP contribution in [0.2, 0.25) is 5.02 Å². The Labute approximate surface area is 242 Å². The van der Waals surface area contributed by atoms with E-state index < -0.39 is 23.7 Å². The standard InChI is InChI=1S/C31H32ClF3N4O2/c1-19(29(40)38-24-16-25-13-14-26(17-24)39(25)18-20-9-11-22(32)12-10-20)36-30(41)27-7-2-3-8-28(27)37-23-6-4-5-21(15-23)31(33,34)35/h2-12,15,19,24-26,37H,13-14,16-18H2,1H3,(H,36,41)(H,38,40)/t19?,24?,25-,26?/m0/s1. The van der Waals surface area contributed by atoms with Crippen LogP contribution in [0.1, 0.15) is 54.1 Å². The van der Waals surface area contributed by atoms with E-state index in [1.165, 1.54) is 17.7 Å². The molecule has 2 aliphatic heterocycles. The Hall–Kier alpha value is -3.56. The fourth-order valence-corrected chi connectivity index (χ4v) is 5.96. The number of amides is 2. The maximum absolute atomic E-state index is 13.1. The first-order valence-corrected chi connectivity index (χ1v) is 14.1. The molecule has 2 fully saturated rings. The number of carbonyl (C=O) groups excluding carboxylic acids is 2. The molecule has 10 heteroatoms. The topological polar surface area (TPSA) is 73.5 Å².